The fraction of sp³-hybridized carbons (Fsp3) is 0.125. The van der Waals surface area contributed by atoms with Crippen molar-refractivity contribution in [2.75, 3.05) is 0 Å². The predicted octanol–water partition coefficient (Wildman–Crippen LogP) is 2.75. The van der Waals surface area contributed by atoms with Gasteiger partial charge in [-0.2, -0.15) is 0 Å². The van der Waals surface area contributed by atoms with E-state index in [-0.39, 0.29) is 5.75 Å². The molecule has 1 aromatic carbocycles. The molecule has 0 saturated carbocycles. The van der Waals surface area contributed by atoms with Crippen molar-refractivity contribution in [1.82, 2.24) is 9.97 Å². The van der Waals surface area contributed by atoms with Crippen LogP contribution in [0.15, 0.2) is 23.4 Å². The highest BCUT2D eigenvalue weighted by Gasteiger charge is 2.31. The molecule has 1 N–H and O–H groups in total. The fourth-order valence-electron chi connectivity index (χ4n) is 1.17. The molecule has 7 heteroatoms. The Morgan fingerprint density at radius 1 is 1.33 bits per heavy atom. The topological polar surface area (TPSA) is 37.9 Å². The second-order valence-corrected chi connectivity index (χ2v) is 3.21. The summed E-state index contributed by atoms with van der Waals surface area (Å²) >= 11 is 3.93. The SMILES string of the molecule is FC(F)(F)Oc1ccc2[nH]c(S)nc2c1. The molecule has 0 fully saturated rings. The van der Waals surface area contributed by atoms with E-state index in [0.29, 0.717) is 16.2 Å². The number of thiol groups is 1. The smallest absolute Gasteiger partial charge is 0.406 e. The molecule has 2 rings (SSSR count). The van der Waals surface area contributed by atoms with Crippen LogP contribution in [0.5, 0.6) is 5.75 Å². The molecule has 0 unspecified atom stereocenters. The molecular formula is C8H5F3N2OS. The maximum absolute atomic E-state index is 11.9. The molecule has 0 bridgehead atoms. The number of nitrogens with one attached hydrogen (secondary N) is 1. The van der Waals surface area contributed by atoms with E-state index >= 15 is 0 Å². The Hall–Kier alpha value is -1.37. The van der Waals surface area contributed by atoms with Gasteiger partial charge in [0.2, 0.25) is 0 Å². The van der Waals surface area contributed by atoms with E-state index in [1.54, 1.807) is 0 Å². The van der Waals surface area contributed by atoms with Gasteiger partial charge in [-0.25, -0.2) is 4.98 Å². The van der Waals surface area contributed by atoms with Crippen molar-refractivity contribution < 1.29 is 17.9 Å². The molecule has 2 aromatic rings. The molecule has 0 radical (unpaired) electrons. The minimum atomic E-state index is -4.69. The fourth-order valence-corrected chi connectivity index (χ4v) is 1.40. The summed E-state index contributed by atoms with van der Waals surface area (Å²) in [6.45, 7) is 0. The van der Waals surface area contributed by atoms with Crippen LogP contribution in [-0.2, 0) is 0 Å². The molecule has 0 aliphatic rings. The van der Waals surface area contributed by atoms with E-state index in [9.17, 15) is 13.2 Å². The highest BCUT2D eigenvalue weighted by Crippen LogP contribution is 2.25. The van der Waals surface area contributed by atoms with Crippen molar-refractivity contribution in [3.63, 3.8) is 0 Å². The van der Waals surface area contributed by atoms with Gasteiger partial charge in [0.15, 0.2) is 5.16 Å². The van der Waals surface area contributed by atoms with Gasteiger partial charge >= 0.3 is 6.36 Å². The Kier molecular flexibility index (Phi) is 2.26. The van der Waals surface area contributed by atoms with Crippen LogP contribution >= 0.6 is 12.6 Å². The summed E-state index contributed by atoms with van der Waals surface area (Å²) < 4.78 is 39.4. The van der Waals surface area contributed by atoms with Crippen LogP contribution in [0.2, 0.25) is 0 Å². The van der Waals surface area contributed by atoms with Gasteiger partial charge in [-0.15, -0.1) is 25.8 Å². The lowest BCUT2D eigenvalue weighted by atomic mass is 10.3. The van der Waals surface area contributed by atoms with Crippen LogP contribution in [0.4, 0.5) is 13.2 Å². The van der Waals surface area contributed by atoms with Gasteiger partial charge in [0.05, 0.1) is 11.0 Å². The van der Waals surface area contributed by atoms with Crippen molar-refractivity contribution in [2.24, 2.45) is 0 Å². The number of aromatic nitrogens is 2. The zero-order valence-corrected chi connectivity index (χ0v) is 8.06. The first-order valence-corrected chi connectivity index (χ1v) is 4.33. The number of benzene rings is 1. The Morgan fingerprint density at radius 3 is 2.73 bits per heavy atom. The van der Waals surface area contributed by atoms with Gasteiger partial charge in [-0.05, 0) is 12.1 Å². The monoisotopic (exact) mass is 234 g/mol. The Labute approximate surface area is 87.7 Å². The number of fused-ring (bicyclic) bond motifs is 1. The first kappa shape index (κ1) is 10.2. The minimum absolute atomic E-state index is 0.296. The third-order valence-corrected chi connectivity index (χ3v) is 1.89. The van der Waals surface area contributed by atoms with Crippen LogP contribution < -0.4 is 4.74 Å². The number of hydrogen-bond donors (Lipinski definition) is 2. The Bertz CT molecular complexity index is 494. The number of H-pyrrole nitrogens is 1. The highest BCUT2D eigenvalue weighted by atomic mass is 32.1. The minimum Gasteiger partial charge on any atom is -0.406 e. The quantitative estimate of drug-likeness (QED) is 0.744. The number of alkyl halides is 3. The second kappa shape index (κ2) is 3.34. The molecule has 1 heterocycles. The lowest BCUT2D eigenvalue weighted by Gasteiger charge is -2.07. The maximum atomic E-state index is 11.9. The largest absolute Gasteiger partial charge is 0.573 e. The molecule has 0 amide bonds. The summed E-state index contributed by atoms with van der Waals surface area (Å²) in [6.07, 6.45) is -4.69. The van der Waals surface area contributed by atoms with Crippen LogP contribution in [0.25, 0.3) is 11.0 Å². The summed E-state index contributed by atoms with van der Waals surface area (Å²) in [5, 5.41) is 0.342. The van der Waals surface area contributed by atoms with Crippen molar-refractivity contribution in [3.8, 4) is 5.75 Å². The van der Waals surface area contributed by atoms with Crippen molar-refractivity contribution >= 4 is 23.7 Å². The third-order valence-electron chi connectivity index (χ3n) is 1.68. The van der Waals surface area contributed by atoms with E-state index < -0.39 is 6.36 Å². The maximum Gasteiger partial charge on any atom is 0.573 e. The normalized spacial score (nSPS) is 12.0. The average molecular weight is 234 g/mol. The van der Waals surface area contributed by atoms with Crippen molar-refractivity contribution in [2.45, 2.75) is 11.5 Å². The summed E-state index contributed by atoms with van der Waals surface area (Å²) in [5.74, 6) is -0.296. The zero-order chi connectivity index (χ0) is 11.1. The standard InChI is InChI=1S/C8H5F3N2OS/c9-8(10,11)14-4-1-2-5-6(3-4)13-7(15)12-5/h1-3H,(H2,12,13,15). The molecule has 80 valence electrons. The van der Waals surface area contributed by atoms with Crippen LogP contribution in [-0.4, -0.2) is 16.3 Å². The highest BCUT2D eigenvalue weighted by molar-refractivity contribution is 7.80. The molecule has 0 saturated heterocycles. The van der Waals surface area contributed by atoms with Gasteiger partial charge in [0.1, 0.15) is 5.75 Å². The second-order valence-electron chi connectivity index (χ2n) is 2.79. The van der Waals surface area contributed by atoms with Crippen LogP contribution in [0.3, 0.4) is 0 Å². The number of halogens is 3. The molecule has 1 aromatic heterocycles. The van der Waals surface area contributed by atoms with E-state index in [0.717, 1.165) is 0 Å². The van der Waals surface area contributed by atoms with Crippen LogP contribution in [0.1, 0.15) is 0 Å². The molecule has 0 spiro atoms. The average Bonchev–Trinajstić information content (AvgIpc) is 2.40. The lowest BCUT2D eigenvalue weighted by molar-refractivity contribution is -0.274. The van der Waals surface area contributed by atoms with Crippen molar-refractivity contribution in [1.29, 1.82) is 0 Å². The van der Waals surface area contributed by atoms with Gasteiger partial charge in [0.25, 0.3) is 0 Å². The number of ether oxygens (including phenoxy) is 1. The molecule has 0 aliphatic heterocycles. The number of aromatic amines is 1. The first-order chi connectivity index (χ1) is 6.94. The summed E-state index contributed by atoms with van der Waals surface area (Å²) in [4.78, 5) is 6.63. The lowest BCUT2D eigenvalue weighted by Crippen LogP contribution is -2.16. The Morgan fingerprint density at radius 2 is 2.07 bits per heavy atom. The van der Waals surface area contributed by atoms with E-state index in [2.05, 4.69) is 27.3 Å². The number of nitrogens with zero attached hydrogens (tertiary/aromatic N) is 1. The van der Waals surface area contributed by atoms with Gasteiger partial charge in [-0.1, -0.05) is 0 Å². The molecule has 3 nitrogen and oxygen atoms in total. The number of rotatable bonds is 1. The molecule has 15 heavy (non-hydrogen) atoms. The van der Waals surface area contributed by atoms with E-state index in [1.807, 2.05) is 0 Å². The Balaban J connectivity index is 2.38. The zero-order valence-electron chi connectivity index (χ0n) is 7.17. The van der Waals surface area contributed by atoms with Crippen molar-refractivity contribution in [3.05, 3.63) is 18.2 Å². The van der Waals surface area contributed by atoms with E-state index in [4.69, 9.17) is 0 Å². The van der Waals surface area contributed by atoms with Gasteiger partial charge in [-0.3, -0.25) is 0 Å². The summed E-state index contributed by atoms with van der Waals surface area (Å²) in [6, 6.07) is 3.85. The number of imidazole rings is 1. The predicted molar refractivity (Wildman–Crippen MR) is 50.0 cm³/mol. The van der Waals surface area contributed by atoms with Crippen LogP contribution in [0, 0.1) is 0 Å². The van der Waals surface area contributed by atoms with Gasteiger partial charge in [0, 0.05) is 6.07 Å². The molecule has 0 atom stereocenters. The summed E-state index contributed by atoms with van der Waals surface area (Å²) in [7, 11) is 0. The third kappa shape index (κ3) is 2.35. The molecular weight excluding hydrogens is 229 g/mol. The first-order valence-electron chi connectivity index (χ1n) is 3.88. The summed E-state index contributed by atoms with van der Waals surface area (Å²) in [5.41, 5.74) is 0.983. The van der Waals surface area contributed by atoms with E-state index in [1.165, 1.54) is 18.2 Å². The number of hydrogen-bond acceptors (Lipinski definition) is 3. The van der Waals surface area contributed by atoms with Gasteiger partial charge < -0.3 is 9.72 Å². The molecule has 0 aliphatic carbocycles.